The molecule has 1 atom stereocenters. The van der Waals surface area contributed by atoms with E-state index in [0.717, 1.165) is 37.0 Å². The number of hydrogen-bond acceptors (Lipinski definition) is 4. The van der Waals surface area contributed by atoms with Crippen molar-refractivity contribution in [1.29, 1.82) is 0 Å². The fourth-order valence-corrected chi connectivity index (χ4v) is 3.73. The summed E-state index contributed by atoms with van der Waals surface area (Å²) >= 11 is 0. The molecule has 0 saturated carbocycles. The molecular weight excluding hydrogens is 491 g/mol. The Bertz CT molecular complexity index is 886. The van der Waals surface area contributed by atoms with Crippen LogP contribution in [-0.4, -0.2) is 47.3 Å². The number of hydrogen-bond donors (Lipinski definition) is 2. The summed E-state index contributed by atoms with van der Waals surface area (Å²) in [6, 6.07) is 14.5. The lowest BCUT2D eigenvalue weighted by Crippen LogP contribution is -2.42. The van der Waals surface area contributed by atoms with Crippen LogP contribution in [0.25, 0.3) is 5.69 Å². The van der Waals surface area contributed by atoms with E-state index in [-0.39, 0.29) is 30.0 Å². The molecule has 0 spiro atoms. The van der Waals surface area contributed by atoms with Gasteiger partial charge in [0.2, 0.25) is 0 Å². The number of nitrogens with one attached hydrogen (secondary N) is 2. The number of aliphatic imine (C=N–C) groups is 1. The van der Waals surface area contributed by atoms with Crippen LogP contribution >= 0.6 is 24.0 Å². The molecule has 8 heteroatoms. The van der Waals surface area contributed by atoms with E-state index in [2.05, 4.69) is 56.0 Å². The van der Waals surface area contributed by atoms with Gasteiger partial charge in [-0.1, -0.05) is 12.1 Å². The van der Waals surface area contributed by atoms with Gasteiger partial charge in [-0.2, -0.15) is 5.10 Å². The number of benzene rings is 1. The summed E-state index contributed by atoms with van der Waals surface area (Å²) < 4.78 is 7.55. The van der Waals surface area contributed by atoms with Crippen molar-refractivity contribution in [3.05, 3.63) is 72.4 Å². The fourth-order valence-electron chi connectivity index (χ4n) is 3.73. The topological polar surface area (TPSA) is 70.6 Å². The van der Waals surface area contributed by atoms with Crippen LogP contribution in [0.5, 0.6) is 0 Å². The first kappa shape index (κ1) is 22.4. The zero-order valence-electron chi connectivity index (χ0n) is 17.2. The SMILES string of the molecule is CN=C(NCc1ccc(-n2cccn2)cc1)NCC(c1ccco1)N1CCCC1.I. The van der Waals surface area contributed by atoms with Crippen LogP contribution in [0.15, 0.2) is 70.5 Å². The van der Waals surface area contributed by atoms with Gasteiger partial charge in [-0.25, -0.2) is 4.68 Å². The number of halogens is 1. The van der Waals surface area contributed by atoms with E-state index in [0.29, 0.717) is 6.54 Å². The second-order valence-electron chi connectivity index (χ2n) is 7.20. The van der Waals surface area contributed by atoms with Crippen molar-refractivity contribution in [1.82, 2.24) is 25.3 Å². The van der Waals surface area contributed by atoms with Gasteiger partial charge in [-0.15, -0.1) is 24.0 Å². The molecule has 0 radical (unpaired) electrons. The zero-order valence-corrected chi connectivity index (χ0v) is 19.5. The Hall–Kier alpha value is -2.33. The minimum Gasteiger partial charge on any atom is -0.468 e. The molecular formula is C22H29IN6O. The van der Waals surface area contributed by atoms with Crippen LogP contribution in [0.4, 0.5) is 0 Å². The Kier molecular flexibility index (Phi) is 8.32. The first-order chi connectivity index (χ1) is 14.3. The van der Waals surface area contributed by atoms with E-state index < -0.39 is 0 Å². The fraction of sp³-hybridized carbons (Fsp3) is 0.364. The molecule has 160 valence electrons. The van der Waals surface area contributed by atoms with Crippen molar-refractivity contribution in [2.75, 3.05) is 26.7 Å². The summed E-state index contributed by atoms with van der Waals surface area (Å²) in [6.45, 7) is 3.68. The number of nitrogens with zero attached hydrogens (tertiary/aromatic N) is 4. The molecule has 2 N–H and O–H groups in total. The second-order valence-corrected chi connectivity index (χ2v) is 7.20. The average Bonchev–Trinajstić information content (AvgIpc) is 3.54. The maximum atomic E-state index is 5.70. The lowest BCUT2D eigenvalue weighted by molar-refractivity contribution is 0.215. The summed E-state index contributed by atoms with van der Waals surface area (Å²) in [4.78, 5) is 6.85. The lowest BCUT2D eigenvalue weighted by atomic mass is 10.2. The minimum absolute atomic E-state index is 0. The summed E-state index contributed by atoms with van der Waals surface area (Å²) in [5.74, 6) is 1.79. The van der Waals surface area contributed by atoms with Gasteiger partial charge in [0.15, 0.2) is 5.96 Å². The maximum absolute atomic E-state index is 5.70. The third-order valence-electron chi connectivity index (χ3n) is 5.30. The molecule has 30 heavy (non-hydrogen) atoms. The van der Waals surface area contributed by atoms with Gasteiger partial charge in [-0.05, 0) is 61.8 Å². The van der Waals surface area contributed by atoms with Crippen molar-refractivity contribution in [3.63, 3.8) is 0 Å². The van der Waals surface area contributed by atoms with E-state index in [1.807, 2.05) is 23.0 Å². The molecule has 0 bridgehead atoms. The van der Waals surface area contributed by atoms with Crippen molar-refractivity contribution in [2.24, 2.45) is 4.99 Å². The van der Waals surface area contributed by atoms with Crippen molar-refractivity contribution >= 4 is 29.9 Å². The molecule has 2 aromatic heterocycles. The predicted octanol–water partition coefficient (Wildman–Crippen LogP) is 3.59. The van der Waals surface area contributed by atoms with Crippen molar-refractivity contribution < 1.29 is 4.42 Å². The Morgan fingerprint density at radius 3 is 2.57 bits per heavy atom. The molecule has 4 rings (SSSR count). The molecule has 1 aromatic carbocycles. The van der Waals surface area contributed by atoms with E-state index in [1.165, 1.54) is 18.4 Å². The normalized spacial score (nSPS) is 15.6. The van der Waals surface area contributed by atoms with Gasteiger partial charge in [-0.3, -0.25) is 9.89 Å². The number of guanidine groups is 1. The highest BCUT2D eigenvalue weighted by molar-refractivity contribution is 14.0. The molecule has 7 nitrogen and oxygen atoms in total. The summed E-state index contributed by atoms with van der Waals surface area (Å²) in [6.07, 6.45) is 7.97. The third-order valence-corrected chi connectivity index (χ3v) is 5.30. The quantitative estimate of drug-likeness (QED) is 0.283. The first-order valence-electron chi connectivity index (χ1n) is 10.1. The van der Waals surface area contributed by atoms with Crippen LogP contribution in [0.1, 0.15) is 30.2 Å². The van der Waals surface area contributed by atoms with Gasteiger partial charge in [0.05, 0.1) is 18.0 Å². The lowest BCUT2D eigenvalue weighted by Gasteiger charge is -2.26. The predicted molar refractivity (Wildman–Crippen MR) is 129 cm³/mol. The van der Waals surface area contributed by atoms with Gasteiger partial charge in [0.25, 0.3) is 0 Å². The summed E-state index contributed by atoms with van der Waals surface area (Å²) in [7, 11) is 1.80. The smallest absolute Gasteiger partial charge is 0.191 e. The minimum atomic E-state index is 0. The van der Waals surface area contributed by atoms with Crippen molar-refractivity contribution in [2.45, 2.75) is 25.4 Å². The van der Waals surface area contributed by atoms with Crippen LogP contribution in [0, 0.1) is 0 Å². The molecule has 0 aliphatic carbocycles. The Balaban J connectivity index is 0.00000256. The highest BCUT2D eigenvalue weighted by Gasteiger charge is 2.25. The summed E-state index contributed by atoms with van der Waals surface area (Å²) in [5.41, 5.74) is 2.24. The van der Waals surface area contributed by atoms with Gasteiger partial charge in [0, 0.05) is 32.5 Å². The number of likely N-dealkylation sites (tertiary alicyclic amines) is 1. The zero-order chi connectivity index (χ0) is 19.9. The molecule has 1 unspecified atom stereocenters. The Labute approximate surface area is 194 Å². The molecule has 1 saturated heterocycles. The highest BCUT2D eigenvalue weighted by Crippen LogP contribution is 2.24. The van der Waals surface area contributed by atoms with E-state index in [9.17, 15) is 0 Å². The molecule has 1 fully saturated rings. The van der Waals surface area contributed by atoms with Crippen LogP contribution in [-0.2, 0) is 6.54 Å². The Morgan fingerprint density at radius 1 is 1.13 bits per heavy atom. The Morgan fingerprint density at radius 2 is 1.93 bits per heavy atom. The maximum Gasteiger partial charge on any atom is 0.191 e. The van der Waals surface area contributed by atoms with E-state index in [1.54, 1.807) is 19.5 Å². The molecule has 1 aliphatic rings. The molecule has 1 aliphatic heterocycles. The van der Waals surface area contributed by atoms with Crippen LogP contribution in [0.3, 0.4) is 0 Å². The third kappa shape index (κ3) is 5.63. The van der Waals surface area contributed by atoms with Crippen molar-refractivity contribution in [3.8, 4) is 5.69 Å². The first-order valence-corrected chi connectivity index (χ1v) is 10.1. The molecule has 3 aromatic rings. The van der Waals surface area contributed by atoms with Gasteiger partial charge in [0.1, 0.15) is 5.76 Å². The summed E-state index contributed by atoms with van der Waals surface area (Å²) in [5, 5.41) is 11.1. The van der Waals surface area contributed by atoms with E-state index in [4.69, 9.17) is 4.42 Å². The van der Waals surface area contributed by atoms with Crippen LogP contribution < -0.4 is 10.6 Å². The number of aromatic nitrogens is 2. The standard InChI is InChI=1S/C22H28N6O.HI/c1-23-22(24-16-18-7-9-19(10-8-18)28-14-5-11-26-28)25-17-20(21-6-4-15-29-21)27-12-2-3-13-27;/h4-11,14-15,20H,2-3,12-13,16-17H2,1H3,(H2,23,24,25);1H. The molecule has 0 amide bonds. The monoisotopic (exact) mass is 520 g/mol. The number of rotatable bonds is 7. The van der Waals surface area contributed by atoms with Gasteiger partial charge < -0.3 is 15.1 Å². The van der Waals surface area contributed by atoms with Gasteiger partial charge >= 0.3 is 0 Å². The number of furan rings is 1. The highest BCUT2D eigenvalue weighted by atomic mass is 127. The average molecular weight is 520 g/mol. The largest absolute Gasteiger partial charge is 0.468 e. The van der Waals surface area contributed by atoms with Crippen LogP contribution in [0.2, 0.25) is 0 Å². The van der Waals surface area contributed by atoms with E-state index >= 15 is 0 Å². The second kappa shape index (κ2) is 11.2. The molecule has 3 heterocycles.